The molecule has 2 aromatic carbocycles. The highest BCUT2D eigenvalue weighted by atomic mass is 35.5. The van der Waals surface area contributed by atoms with E-state index in [2.05, 4.69) is 5.32 Å². The van der Waals surface area contributed by atoms with Crippen LogP contribution in [-0.4, -0.2) is 10.8 Å². The zero-order valence-corrected chi connectivity index (χ0v) is 13.7. The molecule has 0 radical (unpaired) electrons. The summed E-state index contributed by atoms with van der Waals surface area (Å²) in [6, 6.07) is 8.76. The maximum Gasteiger partial charge on any atom is 0.270 e. The van der Waals surface area contributed by atoms with Crippen LogP contribution in [0.3, 0.4) is 0 Å². The zero-order chi connectivity index (χ0) is 17.0. The number of amides is 1. The molecule has 1 N–H and O–H groups in total. The van der Waals surface area contributed by atoms with E-state index in [4.69, 9.17) is 34.8 Å². The van der Waals surface area contributed by atoms with E-state index in [1.165, 1.54) is 42.5 Å². The van der Waals surface area contributed by atoms with Gasteiger partial charge in [0.2, 0.25) is 5.91 Å². The van der Waals surface area contributed by atoms with Gasteiger partial charge in [0.25, 0.3) is 5.69 Å². The Kier molecular flexibility index (Phi) is 5.60. The Labute approximate surface area is 146 Å². The zero-order valence-electron chi connectivity index (χ0n) is 11.4. The number of benzene rings is 2. The fourth-order valence-electron chi connectivity index (χ4n) is 1.71. The van der Waals surface area contributed by atoms with Gasteiger partial charge in [-0.1, -0.05) is 46.9 Å². The lowest BCUT2D eigenvalue weighted by atomic mass is 10.2. The Morgan fingerprint density at radius 1 is 1.09 bits per heavy atom. The number of nitrogens with one attached hydrogen (secondary N) is 1. The molecular formula is C15H9Cl3N2O3. The summed E-state index contributed by atoms with van der Waals surface area (Å²) in [7, 11) is 0. The Morgan fingerprint density at radius 3 is 2.48 bits per heavy atom. The van der Waals surface area contributed by atoms with Crippen molar-refractivity contribution in [3.63, 3.8) is 0 Å². The molecule has 0 aliphatic carbocycles. The van der Waals surface area contributed by atoms with Gasteiger partial charge in [0.05, 0.1) is 25.7 Å². The van der Waals surface area contributed by atoms with E-state index in [1.54, 1.807) is 6.07 Å². The van der Waals surface area contributed by atoms with E-state index in [-0.39, 0.29) is 20.8 Å². The van der Waals surface area contributed by atoms with Crippen LogP contribution in [0, 0.1) is 10.1 Å². The van der Waals surface area contributed by atoms with E-state index >= 15 is 0 Å². The van der Waals surface area contributed by atoms with Gasteiger partial charge in [-0.15, -0.1) is 0 Å². The lowest BCUT2D eigenvalue weighted by Crippen LogP contribution is -2.08. The second-order valence-corrected chi connectivity index (χ2v) is 5.64. The predicted molar refractivity (Wildman–Crippen MR) is 92.2 cm³/mol. The molecule has 0 atom stereocenters. The first-order chi connectivity index (χ1) is 10.9. The minimum atomic E-state index is -0.507. The van der Waals surface area contributed by atoms with Crippen molar-refractivity contribution in [2.45, 2.75) is 0 Å². The Morgan fingerprint density at radius 2 is 1.78 bits per heavy atom. The van der Waals surface area contributed by atoms with Gasteiger partial charge in [0, 0.05) is 18.2 Å². The maximum absolute atomic E-state index is 11.9. The third-order valence-electron chi connectivity index (χ3n) is 2.78. The molecule has 23 heavy (non-hydrogen) atoms. The van der Waals surface area contributed by atoms with Crippen molar-refractivity contribution in [3.8, 4) is 0 Å². The third kappa shape index (κ3) is 4.69. The number of hydrogen-bond donors (Lipinski definition) is 1. The number of anilines is 1. The Hall–Kier alpha value is -2.08. The summed E-state index contributed by atoms with van der Waals surface area (Å²) in [5.41, 5.74) is 0.782. The average Bonchev–Trinajstić information content (AvgIpc) is 2.51. The Balaban J connectivity index is 2.12. The van der Waals surface area contributed by atoms with Crippen molar-refractivity contribution in [1.82, 2.24) is 0 Å². The van der Waals surface area contributed by atoms with Crippen molar-refractivity contribution >= 4 is 58.2 Å². The molecule has 1 amide bonds. The first-order valence-electron chi connectivity index (χ1n) is 6.25. The van der Waals surface area contributed by atoms with Crippen LogP contribution in [0.4, 0.5) is 11.4 Å². The number of carbonyl (C=O) groups excluding carboxylic acids is 1. The molecule has 0 spiro atoms. The molecule has 0 fully saturated rings. The minimum Gasteiger partial charge on any atom is -0.321 e. The van der Waals surface area contributed by atoms with Crippen molar-refractivity contribution < 1.29 is 9.72 Å². The fraction of sp³-hybridized carbons (Fsp3) is 0. The maximum atomic E-state index is 11.9. The van der Waals surface area contributed by atoms with E-state index in [9.17, 15) is 14.9 Å². The normalized spacial score (nSPS) is 10.7. The number of hydrogen-bond acceptors (Lipinski definition) is 3. The molecule has 0 aliphatic rings. The molecule has 5 nitrogen and oxygen atoms in total. The number of nitro benzene ring substituents is 1. The lowest BCUT2D eigenvalue weighted by Gasteiger charge is -2.06. The number of halogens is 3. The second kappa shape index (κ2) is 7.46. The SMILES string of the molecule is O=C(C=Cc1cccc([N+](=O)[O-])c1)Nc1cc(Cl)c(Cl)cc1Cl. The molecule has 0 bridgehead atoms. The molecule has 2 rings (SSSR count). The standard InChI is InChI=1S/C15H9Cl3N2O3/c16-11-7-13(18)14(8-12(11)17)19-15(21)5-4-9-2-1-3-10(6-9)20(22)23/h1-8H,(H,19,21). The molecule has 118 valence electrons. The third-order valence-corrected chi connectivity index (χ3v) is 3.81. The van der Waals surface area contributed by atoms with Gasteiger partial charge in [0.15, 0.2) is 0 Å². The first-order valence-corrected chi connectivity index (χ1v) is 7.38. The molecular weight excluding hydrogens is 363 g/mol. The van der Waals surface area contributed by atoms with Gasteiger partial charge in [-0.05, 0) is 23.8 Å². The average molecular weight is 372 g/mol. The molecule has 0 aromatic heterocycles. The highest BCUT2D eigenvalue weighted by Gasteiger charge is 2.08. The fourth-order valence-corrected chi connectivity index (χ4v) is 2.30. The topological polar surface area (TPSA) is 72.2 Å². The lowest BCUT2D eigenvalue weighted by molar-refractivity contribution is -0.384. The van der Waals surface area contributed by atoms with Gasteiger partial charge >= 0.3 is 0 Å². The smallest absolute Gasteiger partial charge is 0.270 e. The molecule has 0 saturated carbocycles. The van der Waals surface area contributed by atoms with Crippen molar-refractivity contribution in [2.75, 3.05) is 5.32 Å². The molecule has 2 aromatic rings. The van der Waals surface area contributed by atoms with Crippen LogP contribution in [0.15, 0.2) is 42.5 Å². The largest absolute Gasteiger partial charge is 0.321 e. The van der Waals surface area contributed by atoms with Gasteiger partial charge in [-0.3, -0.25) is 14.9 Å². The number of nitro groups is 1. The van der Waals surface area contributed by atoms with Crippen LogP contribution in [0.5, 0.6) is 0 Å². The van der Waals surface area contributed by atoms with Gasteiger partial charge in [0.1, 0.15) is 0 Å². The van der Waals surface area contributed by atoms with Crippen LogP contribution < -0.4 is 5.32 Å². The highest BCUT2D eigenvalue weighted by Crippen LogP contribution is 2.32. The van der Waals surface area contributed by atoms with Crippen LogP contribution in [-0.2, 0) is 4.79 Å². The van der Waals surface area contributed by atoms with Crippen molar-refractivity contribution in [1.29, 1.82) is 0 Å². The van der Waals surface area contributed by atoms with Crippen molar-refractivity contribution in [3.05, 3.63) is 73.2 Å². The summed E-state index contributed by atoms with van der Waals surface area (Å²) >= 11 is 17.6. The van der Waals surface area contributed by atoms with Gasteiger partial charge in [-0.2, -0.15) is 0 Å². The molecule has 8 heteroatoms. The summed E-state index contributed by atoms with van der Waals surface area (Å²) < 4.78 is 0. The van der Waals surface area contributed by atoms with E-state index < -0.39 is 10.8 Å². The molecule has 0 saturated heterocycles. The van der Waals surface area contributed by atoms with Gasteiger partial charge < -0.3 is 5.32 Å². The number of nitrogens with zero attached hydrogens (tertiary/aromatic N) is 1. The van der Waals surface area contributed by atoms with Gasteiger partial charge in [-0.25, -0.2) is 0 Å². The summed E-state index contributed by atoms with van der Waals surface area (Å²) in [5.74, 6) is -0.461. The first kappa shape index (κ1) is 17.3. The van der Waals surface area contributed by atoms with Crippen LogP contribution in [0.25, 0.3) is 6.08 Å². The summed E-state index contributed by atoms with van der Waals surface area (Å²) in [5, 5.41) is 14.0. The van der Waals surface area contributed by atoms with E-state index in [0.717, 1.165) is 0 Å². The minimum absolute atomic E-state index is 0.0555. The molecule has 0 unspecified atom stereocenters. The predicted octanol–water partition coefficient (Wildman–Crippen LogP) is 5.21. The quantitative estimate of drug-likeness (QED) is 0.347. The van der Waals surface area contributed by atoms with E-state index in [0.29, 0.717) is 11.3 Å². The number of non-ortho nitro benzene ring substituents is 1. The summed E-state index contributed by atoms with van der Waals surface area (Å²) in [6.07, 6.45) is 2.69. The highest BCUT2D eigenvalue weighted by molar-refractivity contribution is 6.44. The second-order valence-electron chi connectivity index (χ2n) is 4.42. The van der Waals surface area contributed by atoms with Crippen molar-refractivity contribution in [2.24, 2.45) is 0 Å². The summed E-state index contributed by atoms with van der Waals surface area (Å²) in [6.45, 7) is 0. The van der Waals surface area contributed by atoms with Crippen LogP contribution >= 0.6 is 34.8 Å². The molecule has 0 aliphatic heterocycles. The summed E-state index contributed by atoms with van der Waals surface area (Å²) in [4.78, 5) is 22.1. The Bertz CT molecular complexity index is 807. The number of rotatable bonds is 4. The van der Waals surface area contributed by atoms with Crippen LogP contribution in [0.2, 0.25) is 15.1 Å². The van der Waals surface area contributed by atoms with Crippen LogP contribution in [0.1, 0.15) is 5.56 Å². The molecule has 0 heterocycles. The van der Waals surface area contributed by atoms with E-state index in [1.807, 2.05) is 0 Å². The number of carbonyl (C=O) groups is 1. The monoisotopic (exact) mass is 370 g/mol.